The van der Waals surface area contributed by atoms with Crippen molar-refractivity contribution in [2.24, 2.45) is 5.92 Å². The van der Waals surface area contributed by atoms with Crippen LogP contribution in [0.1, 0.15) is 52.4 Å². The average molecular weight is 184 g/mol. The Kier molecular flexibility index (Phi) is 3.76. The summed E-state index contributed by atoms with van der Waals surface area (Å²) in [4.78, 5) is 10.4. The maximum atomic E-state index is 10.4. The molecule has 1 saturated carbocycles. The minimum absolute atomic E-state index is 0.187. The highest BCUT2D eigenvalue weighted by Crippen LogP contribution is 2.38. The monoisotopic (exact) mass is 184 g/mol. The Balaban J connectivity index is 2.57. The summed E-state index contributed by atoms with van der Waals surface area (Å²) in [5.74, 6) is 0.595. The number of hydrogen-bond donors (Lipinski definition) is 0. The maximum Gasteiger partial charge on any atom is 0.293 e. The van der Waals surface area contributed by atoms with Gasteiger partial charge in [0.05, 0.1) is 0 Å². The smallest absolute Gasteiger partial charge is 0.293 e. The second-order valence-corrected chi connectivity index (χ2v) is 4.26. The molecule has 0 aromatic carbocycles. The first-order valence-corrected chi connectivity index (χ1v) is 5.34. The zero-order valence-electron chi connectivity index (χ0n) is 8.71. The lowest BCUT2D eigenvalue weighted by molar-refractivity contribution is -0.148. The molecule has 76 valence electrons. The Hall–Kier alpha value is -0.530. The van der Waals surface area contributed by atoms with Crippen LogP contribution in [0.3, 0.4) is 0 Å². The van der Waals surface area contributed by atoms with Gasteiger partial charge < -0.3 is 4.74 Å². The van der Waals surface area contributed by atoms with Crippen molar-refractivity contribution >= 4 is 6.47 Å². The quantitative estimate of drug-likeness (QED) is 0.614. The van der Waals surface area contributed by atoms with Crippen LogP contribution in [0.2, 0.25) is 0 Å². The van der Waals surface area contributed by atoms with Gasteiger partial charge in [0.1, 0.15) is 5.60 Å². The molecule has 0 aromatic rings. The molecular weight excluding hydrogens is 164 g/mol. The van der Waals surface area contributed by atoms with E-state index in [4.69, 9.17) is 4.74 Å². The largest absolute Gasteiger partial charge is 0.461 e. The van der Waals surface area contributed by atoms with Gasteiger partial charge in [-0.05, 0) is 32.1 Å². The SMILES string of the molecule is CCCC(C)(OC=O)C1CCCC1. The highest BCUT2D eigenvalue weighted by Gasteiger charge is 2.36. The van der Waals surface area contributed by atoms with Crippen molar-refractivity contribution in [3.8, 4) is 0 Å². The van der Waals surface area contributed by atoms with Crippen LogP contribution >= 0.6 is 0 Å². The summed E-state index contributed by atoms with van der Waals surface area (Å²) in [5, 5.41) is 0. The molecule has 1 aliphatic carbocycles. The predicted octanol–water partition coefficient (Wildman–Crippen LogP) is 2.91. The number of carbonyl (C=O) groups is 1. The Morgan fingerprint density at radius 1 is 1.46 bits per heavy atom. The van der Waals surface area contributed by atoms with Crippen LogP contribution in [0.15, 0.2) is 0 Å². The third-order valence-corrected chi connectivity index (χ3v) is 3.28. The van der Waals surface area contributed by atoms with Crippen molar-refractivity contribution in [1.82, 2.24) is 0 Å². The molecule has 0 N–H and O–H groups in total. The first kappa shape index (κ1) is 10.6. The standard InChI is InChI=1S/C11H20O2/c1-3-8-11(2,13-9-12)10-6-4-5-7-10/h9-10H,3-8H2,1-2H3. The Bertz CT molecular complexity index is 161. The van der Waals surface area contributed by atoms with Gasteiger partial charge in [0.25, 0.3) is 6.47 Å². The molecular formula is C11H20O2. The van der Waals surface area contributed by atoms with Gasteiger partial charge in [-0.1, -0.05) is 26.2 Å². The van der Waals surface area contributed by atoms with Crippen molar-refractivity contribution in [3.63, 3.8) is 0 Å². The molecule has 0 heterocycles. The molecule has 2 heteroatoms. The molecule has 0 amide bonds. The van der Waals surface area contributed by atoms with Crippen molar-refractivity contribution in [2.45, 2.75) is 58.0 Å². The van der Waals surface area contributed by atoms with E-state index in [0.29, 0.717) is 12.4 Å². The van der Waals surface area contributed by atoms with Crippen LogP contribution in [0, 0.1) is 5.92 Å². The van der Waals surface area contributed by atoms with E-state index < -0.39 is 0 Å². The van der Waals surface area contributed by atoms with E-state index in [1.54, 1.807) is 0 Å². The first-order chi connectivity index (χ1) is 6.23. The number of ether oxygens (including phenoxy) is 1. The van der Waals surface area contributed by atoms with Crippen LogP contribution in [-0.2, 0) is 9.53 Å². The van der Waals surface area contributed by atoms with E-state index in [2.05, 4.69) is 13.8 Å². The molecule has 1 rings (SSSR count). The molecule has 0 aromatic heterocycles. The minimum atomic E-state index is -0.187. The molecule has 0 saturated heterocycles. The number of rotatable bonds is 5. The zero-order valence-corrected chi connectivity index (χ0v) is 8.71. The lowest BCUT2D eigenvalue weighted by Crippen LogP contribution is -2.36. The van der Waals surface area contributed by atoms with Crippen molar-refractivity contribution in [3.05, 3.63) is 0 Å². The van der Waals surface area contributed by atoms with Crippen LogP contribution in [0.5, 0.6) is 0 Å². The molecule has 1 fully saturated rings. The van der Waals surface area contributed by atoms with E-state index >= 15 is 0 Å². The lowest BCUT2D eigenvalue weighted by atomic mass is 9.84. The third-order valence-electron chi connectivity index (χ3n) is 3.28. The summed E-state index contributed by atoms with van der Waals surface area (Å²) in [7, 11) is 0. The topological polar surface area (TPSA) is 26.3 Å². The van der Waals surface area contributed by atoms with E-state index in [1.165, 1.54) is 25.7 Å². The molecule has 1 unspecified atom stereocenters. The van der Waals surface area contributed by atoms with Gasteiger partial charge in [-0.25, -0.2) is 0 Å². The van der Waals surface area contributed by atoms with Gasteiger partial charge >= 0.3 is 0 Å². The molecule has 1 atom stereocenters. The summed E-state index contributed by atoms with van der Waals surface area (Å²) in [5.41, 5.74) is -0.187. The fraction of sp³-hybridized carbons (Fsp3) is 0.909. The number of carbonyl (C=O) groups excluding carboxylic acids is 1. The summed E-state index contributed by atoms with van der Waals surface area (Å²) in [6.07, 6.45) is 7.13. The molecule has 0 spiro atoms. The maximum absolute atomic E-state index is 10.4. The fourth-order valence-corrected chi connectivity index (χ4v) is 2.50. The third kappa shape index (κ3) is 2.45. The van der Waals surface area contributed by atoms with E-state index in [1.807, 2.05) is 0 Å². The van der Waals surface area contributed by atoms with Crippen molar-refractivity contribution in [1.29, 1.82) is 0 Å². The minimum Gasteiger partial charge on any atom is -0.461 e. The van der Waals surface area contributed by atoms with Crippen LogP contribution < -0.4 is 0 Å². The Morgan fingerprint density at radius 2 is 2.08 bits per heavy atom. The highest BCUT2D eigenvalue weighted by molar-refractivity contribution is 5.38. The summed E-state index contributed by atoms with van der Waals surface area (Å²) in [6, 6.07) is 0. The highest BCUT2D eigenvalue weighted by atomic mass is 16.5. The first-order valence-electron chi connectivity index (χ1n) is 5.34. The van der Waals surface area contributed by atoms with Gasteiger partial charge in [0.2, 0.25) is 0 Å². The van der Waals surface area contributed by atoms with Crippen LogP contribution in [0.25, 0.3) is 0 Å². The van der Waals surface area contributed by atoms with Crippen molar-refractivity contribution in [2.75, 3.05) is 0 Å². The normalized spacial score (nSPS) is 22.6. The van der Waals surface area contributed by atoms with Gasteiger partial charge in [-0.3, -0.25) is 4.79 Å². The fourth-order valence-electron chi connectivity index (χ4n) is 2.50. The average Bonchev–Trinajstić information content (AvgIpc) is 2.57. The van der Waals surface area contributed by atoms with Gasteiger partial charge in [0.15, 0.2) is 0 Å². The van der Waals surface area contributed by atoms with Gasteiger partial charge in [0, 0.05) is 0 Å². The molecule has 1 aliphatic rings. The second kappa shape index (κ2) is 4.64. The van der Waals surface area contributed by atoms with E-state index in [9.17, 15) is 4.79 Å². The predicted molar refractivity (Wildman–Crippen MR) is 52.4 cm³/mol. The van der Waals surface area contributed by atoms with Gasteiger partial charge in [-0.15, -0.1) is 0 Å². The summed E-state index contributed by atoms with van der Waals surface area (Å²) in [6.45, 7) is 4.84. The number of hydrogen-bond acceptors (Lipinski definition) is 2. The molecule has 0 aliphatic heterocycles. The van der Waals surface area contributed by atoms with E-state index in [-0.39, 0.29) is 5.60 Å². The molecule has 13 heavy (non-hydrogen) atoms. The second-order valence-electron chi connectivity index (χ2n) is 4.26. The molecule has 0 bridgehead atoms. The zero-order chi connectivity index (χ0) is 9.73. The van der Waals surface area contributed by atoms with Gasteiger partial charge in [-0.2, -0.15) is 0 Å². The van der Waals surface area contributed by atoms with Crippen LogP contribution in [-0.4, -0.2) is 12.1 Å². The Morgan fingerprint density at radius 3 is 2.54 bits per heavy atom. The summed E-state index contributed by atoms with van der Waals surface area (Å²) < 4.78 is 5.27. The van der Waals surface area contributed by atoms with Crippen molar-refractivity contribution < 1.29 is 9.53 Å². The molecule has 0 radical (unpaired) electrons. The van der Waals surface area contributed by atoms with Crippen LogP contribution in [0.4, 0.5) is 0 Å². The summed E-state index contributed by atoms with van der Waals surface area (Å²) >= 11 is 0. The molecule has 2 nitrogen and oxygen atoms in total. The lowest BCUT2D eigenvalue weighted by Gasteiger charge is -2.33. The van der Waals surface area contributed by atoms with E-state index in [0.717, 1.165) is 12.8 Å². The Labute approximate surface area is 80.7 Å².